The summed E-state index contributed by atoms with van der Waals surface area (Å²) in [6.45, 7) is 1.65. The molecular weight excluding hydrogens is 486 g/mol. The Labute approximate surface area is 227 Å². The van der Waals surface area contributed by atoms with Gasteiger partial charge in [0.2, 0.25) is 11.6 Å². The Kier molecular flexibility index (Phi) is 7.46. The van der Waals surface area contributed by atoms with Crippen molar-refractivity contribution in [3.8, 4) is 0 Å². The molecule has 39 heavy (non-hydrogen) atoms. The first-order valence-electron chi connectivity index (χ1n) is 12.6. The number of anilines is 4. The monoisotopic (exact) mass is 513 g/mol. The fraction of sp³-hybridized carbons (Fsp3) is 0.0606. The van der Waals surface area contributed by atoms with Gasteiger partial charge in [-0.2, -0.15) is 4.73 Å². The molecule has 0 unspecified atom stereocenters. The first-order chi connectivity index (χ1) is 19.1. The van der Waals surface area contributed by atoms with Crippen molar-refractivity contribution in [2.24, 2.45) is 0 Å². The zero-order valence-electron chi connectivity index (χ0n) is 21.4. The van der Waals surface area contributed by atoms with Gasteiger partial charge in [-0.15, -0.1) is 0 Å². The number of amides is 2. The number of hydrogen-bond donors (Lipinski definition) is 0. The first kappa shape index (κ1) is 25.4. The molecule has 5 rings (SSSR count). The van der Waals surface area contributed by atoms with Gasteiger partial charge in [-0.1, -0.05) is 72.8 Å². The van der Waals surface area contributed by atoms with Crippen LogP contribution < -0.4 is 14.5 Å². The molecule has 0 aliphatic carbocycles. The lowest BCUT2D eigenvalue weighted by atomic mass is 9.98. The number of pyridine rings is 1. The second-order valence-electron chi connectivity index (χ2n) is 9.01. The lowest BCUT2D eigenvalue weighted by molar-refractivity contribution is -0.620. The van der Waals surface area contributed by atoms with E-state index in [1.165, 1.54) is 9.80 Å². The lowest BCUT2D eigenvalue weighted by Crippen LogP contribution is -2.47. The maximum atomic E-state index is 14.6. The summed E-state index contributed by atoms with van der Waals surface area (Å²) in [7, 11) is 0. The van der Waals surface area contributed by atoms with Crippen molar-refractivity contribution in [3.63, 3.8) is 0 Å². The van der Waals surface area contributed by atoms with Crippen molar-refractivity contribution < 1.29 is 14.3 Å². The Balaban J connectivity index is 1.72. The highest BCUT2D eigenvalue weighted by atomic mass is 16.5. The number of benzene rings is 4. The number of para-hydroxylation sites is 4. The second-order valence-corrected chi connectivity index (χ2v) is 9.01. The Hall–Kier alpha value is -5.23. The highest BCUT2D eigenvalue weighted by Crippen LogP contribution is 2.34. The molecule has 5 aromatic rings. The molecule has 0 spiro atoms. The van der Waals surface area contributed by atoms with E-state index >= 15 is 0 Å². The molecule has 0 aliphatic rings. The van der Waals surface area contributed by atoms with Crippen LogP contribution in [0.25, 0.3) is 0 Å². The molecule has 1 aromatic heterocycles. The molecule has 0 N–H and O–H groups in total. The summed E-state index contributed by atoms with van der Waals surface area (Å²) in [4.78, 5) is 32.3. The van der Waals surface area contributed by atoms with Gasteiger partial charge in [0, 0.05) is 41.8 Å². The molecule has 0 aliphatic heterocycles. The zero-order valence-corrected chi connectivity index (χ0v) is 21.4. The van der Waals surface area contributed by atoms with Crippen LogP contribution in [0.15, 0.2) is 140 Å². The third kappa shape index (κ3) is 5.26. The van der Waals surface area contributed by atoms with Gasteiger partial charge < -0.3 is 5.21 Å². The predicted octanol–water partition coefficient (Wildman–Crippen LogP) is 6.44. The number of hydrogen-bond acceptors (Lipinski definition) is 3. The second kappa shape index (κ2) is 11.4. The maximum Gasteiger partial charge on any atom is 0.255 e. The molecule has 0 atom stereocenters. The normalized spacial score (nSPS) is 10.7. The van der Waals surface area contributed by atoms with Crippen LogP contribution in [0.5, 0.6) is 0 Å². The van der Waals surface area contributed by atoms with E-state index in [0.717, 1.165) is 0 Å². The van der Waals surface area contributed by atoms with Crippen LogP contribution in [0, 0.1) is 12.1 Å². The van der Waals surface area contributed by atoms with Gasteiger partial charge in [-0.25, -0.2) is 0 Å². The van der Waals surface area contributed by atoms with Crippen LogP contribution in [-0.4, -0.2) is 11.8 Å². The van der Waals surface area contributed by atoms with Crippen molar-refractivity contribution in [2.75, 3.05) is 9.80 Å². The number of carbonyl (C=O) groups excluding carboxylic acids is 2. The fourth-order valence-electron chi connectivity index (χ4n) is 4.57. The van der Waals surface area contributed by atoms with E-state index in [1.807, 2.05) is 72.8 Å². The maximum absolute atomic E-state index is 14.6. The molecule has 4 aromatic carbocycles. The van der Waals surface area contributed by atoms with Gasteiger partial charge in [-0.05, 0) is 54.6 Å². The minimum Gasteiger partial charge on any atom is -0.618 e. The molecule has 1 heterocycles. The summed E-state index contributed by atoms with van der Waals surface area (Å²) in [5.41, 5.74) is 2.78. The highest BCUT2D eigenvalue weighted by molar-refractivity contribution is 6.20. The molecule has 0 fully saturated rings. The van der Waals surface area contributed by atoms with Crippen LogP contribution in [0.1, 0.15) is 17.3 Å². The minimum atomic E-state index is -1.44. The van der Waals surface area contributed by atoms with Crippen molar-refractivity contribution >= 4 is 34.6 Å². The molecule has 0 radical (unpaired) electrons. The van der Waals surface area contributed by atoms with Crippen molar-refractivity contribution in [1.29, 1.82) is 0 Å². The zero-order chi connectivity index (χ0) is 27.2. The predicted molar refractivity (Wildman–Crippen MR) is 153 cm³/mol. The van der Waals surface area contributed by atoms with Crippen LogP contribution in [0.2, 0.25) is 0 Å². The molecule has 0 saturated carbocycles. The van der Waals surface area contributed by atoms with E-state index in [4.69, 9.17) is 0 Å². The Bertz CT molecular complexity index is 1390. The largest absolute Gasteiger partial charge is 0.618 e. The van der Waals surface area contributed by atoms with E-state index < -0.39 is 17.7 Å². The van der Waals surface area contributed by atoms with E-state index in [-0.39, 0.29) is 5.69 Å². The smallest absolute Gasteiger partial charge is 0.255 e. The van der Waals surface area contributed by atoms with Gasteiger partial charge in [0.25, 0.3) is 11.8 Å². The van der Waals surface area contributed by atoms with Crippen molar-refractivity contribution in [2.45, 2.75) is 12.8 Å². The molecule has 6 nitrogen and oxygen atoms in total. The number of carbonyl (C=O) groups is 2. The average Bonchev–Trinajstić information content (AvgIpc) is 2.98. The SMILES string of the molecule is Cc1cccc(C(C(=O)N(c2ccccc2)c2ccccc2)C(=O)N(c2ccccc2)c2ccccc2)[n+]1[O-]. The van der Waals surface area contributed by atoms with Gasteiger partial charge >= 0.3 is 0 Å². The van der Waals surface area contributed by atoms with Crippen molar-refractivity contribution in [1.82, 2.24) is 0 Å². The molecule has 6 heteroatoms. The van der Waals surface area contributed by atoms with Crippen LogP contribution in [0.4, 0.5) is 22.7 Å². The van der Waals surface area contributed by atoms with Crippen LogP contribution >= 0.6 is 0 Å². The molecular formula is C33H27N3O3. The molecule has 2 amide bonds. The quantitative estimate of drug-likeness (QED) is 0.143. The number of rotatable bonds is 7. The van der Waals surface area contributed by atoms with Crippen molar-refractivity contribution in [3.05, 3.63) is 156 Å². The van der Waals surface area contributed by atoms with E-state index in [9.17, 15) is 14.8 Å². The number of aromatic nitrogens is 1. The molecule has 0 bridgehead atoms. The Morgan fingerprint density at radius 2 is 0.872 bits per heavy atom. The first-order valence-corrected chi connectivity index (χ1v) is 12.6. The summed E-state index contributed by atoms with van der Waals surface area (Å²) < 4.78 is 0.669. The Morgan fingerprint density at radius 3 is 1.21 bits per heavy atom. The molecule has 0 saturated heterocycles. The summed E-state index contributed by atoms with van der Waals surface area (Å²) in [6, 6.07) is 41.4. The van der Waals surface area contributed by atoms with Gasteiger partial charge in [0.15, 0.2) is 5.69 Å². The number of aryl methyl sites for hydroxylation is 1. The van der Waals surface area contributed by atoms with Gasteiger partial charge in [0.1, 0.15) is 0 Å². The van der Waals surface area contributed by atoms with Gasteiger partial charge in [-0.3, -0.25) is 19.4 Å². The van der Waals surface area contributed by atoms with E-state index in [0.29, 0.717) is 33.2 Å². The summed E-state index contributed by atoms with van der Waals surface area (Å²) in [5.74, 6) is -2.52. The van der Waals surface area contributed by atoms with E-state index in [2.05, 4.69) is 0 Å². The van der Waals surface area contributed by atoms with Crippen LogP contribution in [-0.2, 0) is 9.59 Å². The van der Waals surface area contributed by atoms with E-state index in [1.54, 1.807) is 73.7 Å². The topological polar surface area (TPSA) is 67.6 Å². The number of nitrogens with zero attached hydrogens (tertiary/aromatic N) is 3. The van der Waals surface area contributed by atoms with Gasteiger partial charge in [0.05, 0.1) is 0 Å². The summed E-state index contributed by atoms with van der Waals surface area (Å²) >= 11 is 0. The third-order valence-corrected chi connectivity index (χ3v) is 6.45. The fourth-order valence-corrected chi connectivity index (χ4v) is 4.57. The van der Waals surface area contributed by atoms with Crippen LogP contribution in [0.3, 0.4) is 0 Å². The lowest BCUT2D eigenvalue weighted by Gasteiger charge is -2.30. The molecule has 192 valence electrons. The average molecular weight is 514 g/mol. The minimum absolute atomic E-state index is 0.0544. The third-order valence-electron chi connectivity index (χ3n) is 6.45. The summed E-state index contributed by atoms with van der Waals surface area (Å²) in [5, 5.41) is 13.4. The Morgan fingerprint density at radius 1 is 0.538 bits per heavy atom. The summed E-state index contributed by atoms with van der Waals surface area (Å²) in [6.07, 6.45) is 0. The highest BCUT2D eigenvalue weighted by Gasteiger charge is 2.42. The standard InChI is InChI=1S/C33H27N3O3/c1-25-15-14-24-30(36(25)39)31(32(37)34(26-16-6-2-7-17-26)27-18-8-3-9-19-27)33(38)35(28-20-10-4-11-21-28)29-22-12-5-13-23-29/h2-24,31H,1H3.